The summed E-state index contributed by atoms with van der Waals surface area (Å²) in [6.07, 6.45) is 8.81. The number of imidazole rings is 1. The number of nitrogens with one attached hydrogen (secondary N) is 1. The summed E-state index contributed by atoms with van der Waals surface area (Å²) in [5.74, 6) is 1.28. The van der Waals surface area contributed by atoms with Gasteiger partial charge < -0.3 is 14.6 Å². The van der Waals surface area contributed by atoms with Crippen molar-refractivity contribution in [1.82, 2.24) is 24.3 Å². The number of aromatic nitrogens is 4. The van der Waals surface area contributed by atoms with E-state index in [0.717, 1.165) is 23.1 Å². The van der Waals surface area contributed by atoms with Crippen LogP contribution in [0.3, 0.4) is 0 Å². The first-order chi connectivity index (χ1) is 15.5. The van der Waals surface area contributed by atoms with Crippen molar-refractivity contribution >= 4 is 22.1 Å². The second kappa shape index (κ2) is 7.28. The number of methoxy groups -OCH3 is 1. The van der Waals surface area contributed by atoms with Gasteiger partial charge in [-0.3, -0.25) is 9.20 Å². The molecule has 33 heavy (non-hydrogen) atoms. The average Bonchev–Trinajstić information content (AvgIpc) is 3.16. The molecule has 0 fully saturated rings. The molecule has 1 aliphatic heterocycles. The Labute approximate surface area is 192 Å². The molecular formula is C26H29N5O2. The molecule has 0 amide bonds. The number of hydrogen-bond donors (Lipinski definition) is 1. The van der Waals surface area contributed by atoms with E-state index in [2.05, 4.69) is 39.1 Å². The van der Waals surface area contributed by atoms with Crippen molar-refractivity contribution < 1.29 is 4.74 Å². The molecular weight excluding hydrogens is 414 g/mol. The van der Waals surface area contributed by atoms with Crippen LogP contribution in [0.15, 0.2) is 53.7 Å². The Kier molecular flexibility index (Phi) is 4.72. The molecule has 0 spiro atoms. The van der Waals surface area contributed by atoms with Crippen molar-refractivity contribution in [3.8, 4) is 17.0 Å². The van der Waals surface area contributed by atoms with Crippen LogP contribution in [0.5, 0.6) is 5.75 Å². The molecule has 1 aromatic carbocycles. The first-order valence-corrected chi connectivity index (χ1v) is 11.1. The van der Waals surface area contributed by atoms with Gasteiger partial charge in [-0.15, -0.1) is 0 Å². The largest absolute Gasteiger partial charge is 0.496 e. The smallest absolute Gasteiger partial charge is 0.258 e. The van der Waals surface area contributed by atoms with Crippen LogP contribution in [0.25, 0.3) is 33.4 Å². The minimum atomic E-state index is -0.115. The maximum Gasteiger partial charge on any atom is 0.258 e. The number of aryl methyl sites for hydroxylation is 1. The van der Waals surface area contributed by atoms with Crippen LogP contribution in [0.1, 0.15) is 39.8 Å². The highest BCUT2D eigenvalue weighted by Gasteiger charge is 2.33. The molecule has 0 saturated carbocycles. The number of pyridine rings is 1. The number of fused-ring (bicyclic) bond motifs is 2. The molecule has 0 aliphatic carbocycles. The number of hydrogen-bond acceptors (Lipinski definition) is 5. The fourth-order valence-electron chi connectivity index (χ4n) is 5.00. The lowest BCUT2D eigenvalue weighted by Gasteiger charge is -2.41. The van der Waals surface area contributed by atoms with Crippen LogP contribution in [-0.2, 0) is 7.05 Å². The Morgan fingerprint density at radius 2 is 1.82 bits per heavy atom. The molecule has 7 nitrogen and oxygen atoms in total. The lowest BCUT2D eigenvalue weighted by molar-refractivity contribution is 0.297. The van der Waals surface area contributed by atoms with Crippen molar-refractivity contribution in [3.05, 3.63) is 65.0 Å². The number of benzene rings is 1. The van der Waals surface area contributed by atoms with E-state index in [1.54, 1.807) is 24.9 Å². The molecule has 4 aromatic rings. The van der Waals surface area contributed by atoms with Crippen LogP contribution in [0.4, 0.5) is 0 Å². The second-order valence-electron chi connectivity index (χ2n) is 10.1. The predicted octanol–water partition coefficient (Wildman–Crippen LogP) is 4.19. The first kappa shape index (κ1) is 21.4. The summed E-state index contributed by atoms with van der Waals surface area (Å²) in [4.78, 5) is 22.4. The Morgan fingerprint density at radius 1 is 1.06 bits per heavy atom. The predicted molar refractivity (Wildman–Crippen MR) is 132 cm³/mol. The Balaban J connectivity index is 1.63. The van der Waals surface area contributed by atoms with Gasteiger partial charge in [0.25, 0.3) is 5.56 Å². The van der Waals surface area contributed by atoms with Gasteiger partial charge in [0.15, 0.2) is 0 Å². The molecule has 170 valence electrons. The van der Waals surface area contributed by atoms with Crippen LogP contribution in [-0.4, -0.2) is 37.1 Å². The van der Waals surface area contributed by atoms with Gasteiger partial charge in [-0.05, 0) is 69.3 Å². The molecule has 3 aromatic heterocycles. The van der Waals surface area contributed by atoms with Gasteiger partial charge in [-0.25, -0.2) is 9.97 Å². The zero-order chi connectivity index (χ0) is 23.5. The molecule has 5 rings (SSSR count). The Morgan fingerprint density at radius 3 is 2.55 bits per heavy atom. The third kappa shape index (κ3) is 3.82. The van der Waals surface area contributed by atoms with E-state index in [4.69, 9.17) is 14.7 Å². The van der Waals surface area contributed by atoms with E-state index in [1.165, 1.54) is 5.57 Å². The molecule has 1 N–H and O–H groups in total. The topological polar surface area (TPSA) is 73.5 Å². The van der Waals surface area contributed by atoms with Crippen molar-refractivity contribution in [2.45, 2.75) is 45.2 Å². The molecule has 1 aliphatic rings. The SMILES string of the molecule is COc1cc2ccn(C)c(=O)c2cc1-c1cn2ccc(C3=CC(C)(C)NC(C)(C)C3)nc2n1. The summed E-state index contributed by atoms with van der Waals surface area (Å²) in [7, 11) is 3.38. The number of rotatable bonds is 3. The molecule has 0 unspecified atom stereocenters. The highest BCUT2D eigenvalue weighted by Crippen LogP contribution is 2.35. The molecule has 0 radical (unpaired) electrons. The average molecular weight is 444 g/mol. The zero-order valence-corrected chi connectivity index (χ0v) is 19.9. The Bertz CT molecular complexity index is 1490. The summed E-state index contributed by atoms with van der Waals surface area (Å²) in [5, 5.41) is 5.13. The van der Waals surface area contributed by atoms with E-state index in [9.17, 15) is 4.79 Å². The molecule has 0 bridgehead atoms. The number of nitrogens with zero attached hydrogens (tertiary/aromatic N) is 4. The van der Waals surface area contributed by atoms with Crippen LogP contribution in [0, 0.1) is 0 Å². The van der Waals surface area contributed by atoms with Crippen LogP contribution >= 0.6 is 0 Å². The zero-order valence-electron chi connectivity index (χ0n) is 19.9. The van der Waals surface area contributed by atoms with Gasteiger partial charge in [0.2, 0.25) is 5.78 Å². The minimum absolute atomic E-state index is 0.0212. The van der Waals surface area contributed by atoms with Crippen LogP contribution < -0.4 is 15.6 Å². The maximum atomic E-state index is 12.7. The molecule has 7 heteroatoms. The standard InChI is InChI=1S/C26H29N5O2/c1-25(2)13-17(14-26(3,4)29-25)20-8-10-31-15-21(28-24(31)27-20)19-12-18-16(11-22(19)33-6)7-9-30(5)23(18)32/h7-13,15,29H,14H2,1-6H3. The van der Waals surface area contributed by atoms with Gasteiger partial charge >= 0.3 is 0 Å². The highest BCUT2D eigenvalue weighted by molar-refractivity contribution is 5.89. The van der Waals surface area contributed by atoms with Crippen molar-refractivity contribution in [2.75, 3.05) is 7.11 Å². The van der Waals surface area contributed by atoms with E-state index < -0.39 is 0 Å². The fraction of sp³-hybridized carbons (Fsp3) is 0.346. The summed E-state index contributed by atoms with van der Waals surface area (Å²) in [6.45, 7) is 8.78. The van der Waals surface area contributed by atoms with Crippen molar-refractivity contribution in [2.24, 2.45) is 7.05 Å². The molecule has 0 atom stereocenters. The van der Waals surface area contributed by atoms with E-state index in [1.807, 2.05) is 41.1 Å². The molecule has 4 heterocycles. The fourth-order valence-corrected chi connectivity index (χ4v) is 5.00. The maximum absolute atomic E-state index is 12.7. The quantitative estimate of drug-likeness (QED) is 0.514. The molecule has 0 saturated heterocycles. The van der Waals surface area contributed by atoms with Crippen molar-refractivity contribution in [3.63, 3.8) is 0 Å². The highest BCUT2D eigenvalue weighted by atomic mass is 16.5. The normalized spacial score (nSPS) is 17.3. The van der Waals surface area contributed by atoms with Gasteiger partial charge in [0, 0.05) is 47.7 Å². The Hall–Kier alpha value is -3.45. The van der Waals surface area contributed by atoms with Crippen LogP contribution in [0.2, 0.25) is 0 Å². The minimum Gasteiger partial charge on any atom is -0.496 e. The van der Waals surface area contributed by atoms with E-state index in [0.29, 0.717) is 22.6 Å². The summed E-state index contributed by atoms with van der Waals surface area (Å²) in [5.41, 5.74) is 3.43. The lowest BCUT2D eigenvalue weighted by atomic mass is 9.82. The van der Waals surface area contributed by atoms with Gasteiger partial charge in [-0.1, -0.05) is 6.08 Å². The van der Waals surface area contributed by atoms with E-state index in [-0.39, 0.29) is 16.6 Å². The van der Waals surface area contributed by atoms with Gasteiger partial charge in [0.1, 0.15) is 5.75 Å². The lowest BCUT2D eigenvalue weighted by Crippen LogP contribution is -2.53. The second-order valence-corrected chi connectivity index (χ2v) is 10.1. The summed E-state index contributed by atoms with van der Waals surface area (Å²) in [6, 6.07) is 7.70. The number of ether oxygens (including phenoxy) is 1. The van der Waals surface area contributed by atoms with Gasteiger partial charge in [-0.2, -0.15) is 0 Å². The third-order valence-corrected chi connectivity index (χ3v) is 6.16. The first-order valence-electron chi connectivity index (χ1n) is 11.1. The summed E-state index contributed by atoms with van der Waals surface area (Å²) >= 11 is 0. The van der Waals surface area contributed by atoms with Crippen molar-refractivity contribution in [1.29, 1.82) is 0 Å². The monoisotopic (exact) mass is 443 g/mol. The van der Waals surface area contributed by atoms with Gasteiger partial charge in [0.05, 0.1) is 18.5 Å². The van der Waals surface area contributed by atoms with E-state index >= 15 is 0 Å². The summed E-state index contributed by atoms with van der Waals surface area (Å²) < 4.78 is 9.13. The third-order valence-electron chi connectivity index (χ3n) is 6.16.